The molecule has 2 N–H and O–H groups in total. The van der Waals surface area contributed by atoms with E-state index < -0.39 is 10.0 Å². The number of rotatable bonds is 3. The Kier molecular flexibility index (Phi) is 4.45. The largest absolute Gasteiger partial charge is 0.384 e. The van der Waals surface area contributed by atoms with Gasteiger partial charge in [0.05, 0.1) is 5.69 Å². The average molecular weight is 307 g/mol. The van der Waals surface area contributed by atoms with Crippen LogP contribution in [0.4, 0.5) is 5.69 Å². The molecule has 1 aromatic carbocycles. The van der Waals surface area contributed by atoms with Crippen molar-refractivity contribution < 1.29 is 13.5 Å². The van der Waals surface area contributed by atoms with Crippen molar-refractivity contribution in [3.05, 3.63) is 46.8 Å². The predicted molar refractivity (Wildman–Crippen MR) is 80.3 cm³/mol. The van der Waals surface area contributed by atoms with Gasteiger partial charge in [0.25, 0.3) is 10.0 Å². The molecule has 0 saturated carbocycles. The van der Waals surface area contributed by atoms with Gasteiger partial charge in [-0.05, 0) is 36.1 Å². The number of benzene rings is 1. The fourth-order valence-electron chi connectivity index (χ4n) is 1.60. The molecule has 0 unspecified atom stereocenters. The van der Waals surface area contributed by atoms with Gasteiger partial charge < -0.3 is 5.11 Å². The van der Waals surface area contributed by atoms with Crippen LogP contribution in [0.25, 0.3) is 0 Å². The third-order valence-electron chi connectivity index (χ3n) is 2.48. The molecule has 0 aliphatic heterocycles. The second kappa shape index (κ2) is 6.09. The molecule has 0 aliphatic carbocycles. The number of anilines is 1. The summed E-state index contributed by atoms with van der Waals surface area (Å²) in [6.07, 6.45) is 0. The van der Waals surface area contributed by atoms with Gasteiger partial charge in [-0.25, -0.2) is 8.42 Å². The van der Waals surface area contributed by atoms with Crippen molar-refractivity contribution in [2.24, 2.45) is 0 Å². The molecule has 4 nitrogen and oxygen atoms in total. The van der Waals surface area contributed by atoms with Crippen LogP contribution < -0.4 is 4.72 Å². The Bertz CT molecular complexity index is 753. The summed E-state index contributed by atoms with van der Waals surface area (Å²) in [5, 5.41) is 10.5. The first-order chi connectivity index (χ1) is 9.53. The smallest absolute Gasteiger partial charge is 0.271 e. The van der Waals surface area contributed by atoms with Crippen LogP contribution >= 0.6 is 11.3 Å². The van der Waals surface area contributed by atoms with Gasteiger partial charge in [-0.1, -0.05) is 24.0 Å². The van der Waals surface area contributed by atoms with E-state index in [0.29, 0.717) is 11.3 Å². The summed E-state index contributed by atoms with van der Waals surface area (Å²) in [5.41, 5.74) is 1.91. The van der Waals surface area contributed by atoms with E-state index in [0.717, 1.165) is 16.9 Å². The van der Waals surface area contributed by atoms with Crippen molar-refractivity contribution in [3.63, 3.8) is 0 Å². The standard InChI is InChI=1S/C14H13NO3S2/c1-11-6-7-13(12(10-11)4-2-8-16)15-20(17,18)14-5-3-9-19-14/h3,5-7,9-10,15-16H,8H2,1H3. The molecule has 6 heteroatoms. The molecule has 2 aromatic rings. The Balaban J connectivity index is 2.39. The highest BCUT2D eigenvalue weighted by molar-refractivity contribution is 7.94. The number of aliphatic hydroxyl groups is 1. The van der Waals surface area contributed by atoms with E-state index in [1.165, 1.54) is 0 Å². The second-order valence-corrected chi connectivity index (χ2v) is 6.90. The van der Waals surface area contributed by atoms with Crippen LogP contribution in [0.2, 0.25) is 0 Å². The first-order valence-electron chi connectivity index (χ1n) is 5.79. The number of thiophene rings is 1. The van der Waals surface area contributed by atoms with Gasteiger partial charge >= 0.3 is 0 Å². The zero-order chi connectivity index (χ0) is 14.6. The first kappa shape index (κ1) is 14.6. The molecule has 0 saturated heterocycles. The van der Waals surface area contributed by atoms with Crippen molar-refractivity contribution in [1.29, 1.82) is 0 Å². The van der Waals surface area contributed by atoms with Crippen LogP contribution in [-0.4, -0.2) is 20.1 Å². The Morgan fingerprint density at radius 1 is 1.35 bits per heavy atom. The minimum atomic E-state index is -3.59. The van der Waals surface area contributed by atoms with E-state index in [9.17, 15) is 8.42 Å². The number of aryl methyl sites for hydroxylation is 1. The first-order valence-corrected chi connectivity index (χ1v) is 8.16. The van der Waals surface area contributed by atoms with Crippen LogP contribution in [0, 0.1) is 18.8 Å². The molecule has 2 rings (SSSR count). The van der Waals surface area contributed by atoms with Crippen LogP contribution in [0.15, 0.2) is 39.9 Å². The summed E-state index contributed by atoms with van der Waals surface area (Å²) in [5.74, 6) is 5.27. The Morgan fingerprint density at radius 3 is 2.80 bits per heavy atom. The molecular weight excluding hydrogens is 294 g/mol. The average Bonchev–Trinajstić information content (AvgIpc) is 2.93. The molecule has 0 radical (unpaired) electrons. The van der Waals surface area contributed by atoms with Gasteiger partial charge in [0.15, 0.2) is 0 Å². The lowest BCUT2D eigenvalue weighted by molar-refractivity contribution is 0.350. The normalized spacial score (nSPS) is 10.7. The van der Waals surface area contributed by atoms with Crippen LogP contribution in [0.5, 0.6) is 0 Å². The predicted octanol–water partition coefficient (Wildman–Crippen LogP) is 2.20. The maximum Gasteiger partial charge on any atom is 0.271 e. The highest BCUT2D eigenvalue weighted by Gasteiger charge is 2.16. The number of hydrogen-bond acceptors (Lipinski definition) is 4. The monoisotopic (exact) mass is 307 g/mol. The lowest BCUT2D eigenvalue weighted by Gasteiger charge is -2.09. The molecule has 20 heavy (non-hydrogen) atoms. The van der Waals surface area contributed by atoms with Gasteiger partial charge in [0.1, 0.15) is 10.8 Å². The number of nitrogens with one attached hydrogen (secondary N) is 1. The number of sulfonamides is 1. The van der Waals surface area contributed by atoms with Gasteiger partial charge in [-0.2, -0.15) is 0 Å². The summed E-state index contributed by atoms with van der Waals surface area (Å²) in [6, 6.07) is 8.47. The van der Waals surface area contributed by atoms with E-state index in [2.05, 4.69) is 16.6 Å². The summed E-state index contributed by atoms with van der Waals surface area (Å²) in [4.78, 5) is 0. The Labute approximate surface area is 122 Å². The molecule has 104 valence electrons. The molecule has 1 aromatic heterocycles. The molecule has 0 bridgehead atoms. The van der Waals surface area contributed by atoms with Crippen molar-refractivity contribution in [3.8, 4) is 11.8 Å². The molecule has 0 atom stereocenters. The fraction of sp³-hybridized carbons (Fsp3) is 0.143. The zero-order valence-corrected chi connectivity index (χ0v) is 12.4. The molecular formula is C14H13NO3S2. The summed E-state index contributed by atoms with van der Waals surface area (Å²) < 4.78 is 27.1. The van der Waals surface area contributed by atoms with E-state index in [4.69, 9.17) is 5.11 Å². The third-order valence-corrected chi connectivity index (χ3v) is 5.24. The van der Waals surface area contributed by atoms with Crippen LogP contribution in [0.1, 0.15) is 11.1 Å². The fourth-order valence-corrected chi connectivity index (χ4v) is 3.67. The zero-order valence-electron chi connectivity index (χ0n) is 10.8. The van der Waals surface area contributed by atoms with E-state index in [1.807, 2.05) is 6.92 Å². The topological polar surface area (TPSA) is 66.4 Å². The van der Waals surface area contributed by atoms with Crippen LogP contribution in [0.3, 0.4) is 0 Å². The van der Waals surface area contributed by atoms with Gasteiger partial charge in [-0.3, -0.25) is 4.72 Å². The summed E-state index contributed by atoms with van der Waals surface area (Å²) >= 11 is 1.15. The quantitative estimate of drug-likeness (QED) is 0.854. The van der Waals surface area contributed by atoms with Crippen molar-refractivity contribution in [1.82, 2.24) is 0 Å². The maximum absolute atomic E-state index is 12.2. The van der Waals surface area contributed by atoms with E-state index in [-0.39, 0.29) is 10.8 Å². The lowest BCUT2D eigenvalue weighted by atomic mass is 10.1. The van der Waals surface area contributed by atoms with Crippen molar-refractivity contribution in [2.45, 2.75) is 11.1 Å². The summed E-state index contributed by atoms with van der Waals surface area (Å²) in [6.45, 7) is 1.62. The van der Waals surface area contributed by atoms with Crippen molar-refractivity contribution in [2.75, 3.05) is 11.3 Å². The van der Waals surface area contributed by atoms with E-state index in [1.54, 1.807) is 35.7 Å². The highest BCUT2D eigenvalue weighted by Crippen LogP contribution is 2.23. The molecule has 0 amide bonds. The number of aliphatic hydroxyl groups excluding tert-OH is 1. The molecule has 0 fully saturated rings. The second-order valence-electron chi connectivity index (χ2n) is 4.05. The molecule has 0 aliphatic rings. The van der Waals surface area contributed by atoms with E-state index >= 15 is 0 Å². The minimum Gasteiger partial charge on any atom is -0.384 e. The summed E-state index contributed by atoms with van der Waals surface area (Å²) in [7, 11) is -3.59. The maximum atomic E-state index is 12.2. The lowest BCUT2D eigenvalue weighted by Crippen LogP contribution is -2.12. The molecule has 1 heterocycles. The molecule has 0 spiro atoms. The Morgan fingerprint density at radius 2 is 2.15 bits per heavy atom. The van der Waals surface area contributed by atoms with Gasteiger partial charge in [0, 0.05) is 5.56 Å². The Hall–Kier alpha value is -1.81. The minimum absolute atomic E-state index is 0.249. The van der Waals surface area contributed by atoms with Crippen molar-refractivity contribution >= 4 is 27.0 Å². The van der Waals surface area contributed by atoms with Gasteiger partial charge in [-0.15, -0.1) is 11.3 Å². The highest BCUT2D eigenvalue weighted by atomic mass is 32.2. The number of hydrogen-bond donors (Lipinski definition) is 2. The SMILES string of the molecule is Cc1ccc(NS(=O)(=O)c2cccs2)c(C#CCO)c1. The van der Waals surface area contributed by atoms with Gasteiger partial charge in [0.2, 0.25) is 0 Å². The third kappa shape index (κ3) is 3.39. The van der Waals surface area contributed by atoms with Crippen LogP contribution in [-0.2, 0) is 10.0 Å².